The van der Waals surface area contributed by atoms with Crippen LogP contribution in [0.3, 0.4) is 0 Å². The molecule has 0 spiro atoms. The smallest absolute Gasteiger partial charge is 0.244 e. The van der Waals surface area contributed by atoms with E-state index in [1.54, 1.807) is 0 Å². The van der Waals surface area contributed by atoms with Gasteiger partial charge < -0.3 is 14.4 Å². The van der Waals surface area contributed by atoms with Gasteiger partial charge in [0.15, 0.2) is 11.5 Å². The number of aryl methyl sites for hydroxylation is 1. The summed E-state index contributed by atoms with van der Waals surface area (Å²) in [7, 11) is 0. The third-order valence-electron chi connectivity index (χ3n) is 4.92. The SMILES string of the molecule is Cc1cccc(CN2CCN(c3ccc4c(c3)OCO4)C(=O)[C@@H]2C)c1. The van der Waals surface area contributed by atoms with Crippen molar-refractivity contribution in [3.63, 3.8) is 0 Å². The lowest BCUT2D eigenvalue weighted by Gasteiger charge is -2.39. The number of fused-ring (bicyclic) bond motifs is 1. The maximum absolute atomic E-state index is 12.9. The Morgan fingerprint density at radius 2 is 1.92 bits per heavy atom. The Morgan fingerprint density at radius 3 is 2.76 bits per heavy atom. The summed E-state index contributed by atoms with van der Waals surface area (Å²) in [6, 6.07) is 14.0. The molecule has 5 heteroatoms. The lowest BCUT2D eigenvalue weighted by Crippen LogP contribution is -2.55. The molecule has 0 aliphatic carbocycles. The van der Waals surface area contributed by atoms with Gasteiger partial charge in [-0.25, -0.2) is 0 Å². The van der Waals surface area contributed by atoms with E-state index >= 15 is 0 Å². The highest BCUT2D eigenvalue weighted by molar-refractivity contribution is 5.98. The van der Waals surface area contributed by atoms with E-state index in [1.165, 1.54) is 11.1 Å². The first kappa shape index (κ1) is 16.0. The molecule has 2 aliphatic heterocycles. The number of piperazine rings is 1. The molecule has 2 aromatic rings. The fourth-order valence-electron chi connectivity index (χ4n) is 3.48. The van der Waals surface area contributed by atoms with Gasteiger partial charge in [-0.3, -0.25) is 9.69 Å². The highest BCUT2D eigenvalue weighted by Gasteiger charge is 2.32. The first-order valence-electron chi connectivity index (χ1n) is 8.62. The van der Waals surface area contributed by atoms with Crippen molar-refractivity contribution < 1.29 is 14.3 Å². The quantitative estimate of drug-likeness (QED) is 0.863. The van der Waals surface area contributed by atoms with Crippen LogP contribution >= 0.6 is 0 Å². The fourth-order valence-corrected chi connectivity index (χ4v) is 3.48. The van der Waals surface area contributed by atoms with E-state index in [4.69, 9.17) is 9.47 Å². The van der Waals surface area contributed by atoms with Crippen LogP contribution in [0.5, 0.6) is 11.5 Å². The molecule has 0 aromatic heterocycles. The Labute approximate surface area is 147 Å². The van der Waals surface area contributed by atoms with Crippen LogP contribution in [0.1, 0.15) is 18.1 Å². The average Bonchev–Trinajstić information content (AvgIpc) is 3.07. The number of ether oxygens (including phenoxy) is 2. The lowest BCUT2D eigenvalue weighted by molar-refractivity contribution is -0.125. The highest BCUT2D eigenvalue weighted by atomic mass is 16.7. The van der Waals surface area contributed by atoms with Crippen LogP contribution in [-0.2, 0) is 11.3 Å². The topological polar surface area (TPSA) is 42.0 Å². The number of hydrogen-bond donors (Lipinski definition) is 0. The molecular weight excluding hydrogens is 316 g/mol. The van der Waals surface area contributed by atoms with Crippen molar-refractivity contribution in [1.29, 1.82) is 0 Å². The van der Waals surface area contributed by atoms with Crippen molar-refractivity contribution in [3.05, 3.63) is 53.6 Å². The third kappa shape index (κ3) is 3.07. The average molecular weight is 338 g/mol. The predicted molar refractivity (Wildman–Crippen MR) is 96.0 cm³/mol. The zero-order valence-electron chi connectivity index (χ0n) is 14.6. The molecule has 1 saturated heterocycles. The second kappa shape index (κ2) is 6.41. The molecule has 5 nitrogen and oxygen atoms in total. The van der Waals surface area contributed by atoms with Gasteiger partial charge in [0.05, 0.1) is 6.04 Å². The molecule has 2 heterocycles. The molecule has 2 aromatic carbocycles. The highest BCUT2D eigenvalue weighted by Crippen LogP contribution is 2.36. The Hall–Kier alpha value is -2.53. The zero-order chi connectivity index (χ0) is 17.4. The Morgan fingerprint density at radius 1 is 1.08 bits per heavy atom. The molecule has 25 heavy (non-hydrogen) atoms. The number of carbonyl (C=O) groups excluding carboxylic acids is 1. The van der Waals surface area contributed by atoms with Gasteiger partial charge in [-0.05, 0) is 31.5 Å². The number of carbonyl (C=O) groups is 1. The third-order valence-corrected chi connectivity index (χ3v) is 4.92. The van der Waals surface area contributed by atoms with Crippen LogP contribution in [-0.4, -0.2) is 36.7 Å². The second-order valence-corrected chi connectivity index (χ2v) is 6.66. The molecule has 0 saturated carbocycles. The van der Waals surface area contributed by atoms with Gasteiger partial charge in [0, 0.05) is 31.4 Å². The normalized spacial score (nSPS) is 20.2. The first-order valence-corrected chi connectivity index (χ1v) is 8.62. The van der Waals surface area contributed by atoms with E-state index in [-0.39, 0.29) is 18.7 Å². The minimum Gasteiger partial charge on any atom is -0.454 e. The van der Waals surface area contributed by atoms with Gasteiger partial charge in [-0.15, -0.1) is 0 Å². The molecule has 0 unspecified atom stereocenters. The Bertz CT molecular complexity index is 805. The van der Waals surface area contributed by atoms with Gasteiger partial charge in [0.2, 0.25) is 12.7 Å². The van der Waals surface area contributed by atoms with E-state index in [1.807, 2.05) is 30.0 Å². The fraction of sp³-hybridized carbons (Fsp3) is 0.350. The minimum atomic E-state index is -0.153. The molecule has 2 aliphatic rings. The number of rotatable bonds is 3. The van der Waals surface area contributed by atoms with E-state index in [0.717, 1.165) is 24.5 Å². The monoisotopic (exact) mass is 338 g/mol. The summed E-state index contributed by atoms with van der Waals surface area (Å²) in [5.74, 6) is 1.57. The van der Waals surface area contributed by atoms with Gasteiger partial charge in [0.25, 0.3) is 0 Å². The summed E-state index contributed by atoms with van der Waals surface area (Å²) in [6.45, 7) is 6.63. The Kier molecular flexibility index (Phi) is 4.09. The van der Waals surface area contributed by atoms with Crippen molar-refractivity contribution in [1.82, 2.24) is 4.90 Å². The molecule has 0 bridgehead atoms. The number of hydrogen-bond acceptors (Lipinski definition) is 4. The van der Waals surface area contributed by atoms with Gasteiger partial charge in [0.1, 0.15) is 0 Å². The van der Waals surface area contributed by atoms with Crippen molar-refractivity contribution in [2.45, 2.75) is 26.4 Å². The zero-order valence-corrected chi connectivity index (χ0v) is 14.6. The molecule has 4 rings (SSSR count). The van der Waals surface area contributed by atoms with Crippen molar-refractivity contribution in [3.8, 4) is 11.5 Å². The lowest BCUT2D eigenvalue weighted by atomic mass is 10.1. The number of anilines is 1. The van der Waals surface area contributed by atoms with E-state index in [9.17, 15) is 4.79 Å². The second-order valence-electron chi connectivity index (χ2n) is 6.66. The summed E-state index contributed by atoms with van der Waals surface area (Å²) >= 11 is 0. The van der Waals surface area contributed by atoms with Crippen molar-refractivity contribution >= 4 is 11.6 Å². The largest absolute Gasteiger partial charge is 0.454 e. The number of benzene rings is 2. The van der Waals surface area contributed by atoms with Gasteiger partial charge in [-0.1, -0.05) is 29.8 Å². The van der Waals surface area contributed by atoms with E-state index < -0.39 is 0 Å². The number of amides is 1. The van der Waals surface area contributed by atoms with Crippen LogP contribution in [0, 0.1) is 6.92 Å². The molecule has 130 valence electrons. The summed E-state index contributed by atoms with van der Waals surface area (Å²) < 4.78 is 10.8. The van der Waals surface area contributed by atoms with Crippen LogP contribution in [0.25, 0.3) is 0 Å². The molecule has 0 radical (unpaired) electrons. The molecule has 0 N–H and O–H groups in total. The van der Waals surface area contributed by atoms with Crippen molar-refractivity contribution in [2.75, 3.05) is 24.8 Å². The maximum Gasteiger partial charge on any atom is 0.244 e. The molecule has 1 atom stereocenters. The molecule has 1 fully saturated rings. The predicted octanol–water partition coefficient (Wildman–Crippen LogP) is 2.96. The first-order chi connectivity index (χ1) is 12.1. The van der Waals surface area contributed by atoms with Crippen LogP contribution in [0.4, 0.5) is 5.69 Å². The van der Waals surface area contributed by atoms with Crippen molar-refractivity contribution in [2.24, 2.45) is 0 Å². The molecular formula is C20H22N2O3. The van der Waals surface area contributed by atoms with Gasteiger partial charge in [-0.2, -0.15) is 0 Å². The standard InChI is InChI=1S/C20H22N2O3/c1-14-4-3-5-16(10-14)12-21-8-9-22(20(23)15(21)2)17-6-7-18-19(11-17)25-13-24-18/h3-7,10-11,15H,8-9,12-13H2,1-2H3/t15-/m0/s1. The summed E-state index contributed by atoms with van der Waals surface area (Å²) in [5.41, 5.74) is 3.36. The summed E-state index contributed by atoms with van der Waals surface area (Å²) in [6.07, 6.45) is 0. The minimum absolute atomic E-state index is 0.123. The van der Waals surface area contributed by atoms with Crippen LogP contribution in [0.15, 0.2) is 42.5 Å². The van der Waals surface area contributed by atoms with Crippen LogP contribution < -0.4 is 14.4 Å². The Balaban J connectivity index is 1.49. The summed E-state index contributed by atoms with van der Waals surface area (Å²) in [5, 5.41) is 0. The summed E-state index contributed by atoms with van der Waals surface area (Å²) in [4.78, 5) is 17.0. The number of nitrogens with zero attached hydrogens (tertiary/aromatic N) is 2. The molecule has 1 amide bonds. The maximum atomic E-state index is 12.9. The van der Waals surface area contributed by atoms with E-state index in [0.29, 0.717) is 12.3 Å². The van der Waals surface area contributed by atoms with Gasteiger partial charge >= 0.3 is 0 Å². The van der Waals surface area contributed by atoms with Crippen LogP contribution in [0.2, 0.25) is 0 Å². The van der Waals surface area contributed by atoms with E-state index in [2.05, 4.69) is 36.1 Å².